The van der Waals surface area contributed by atoms with Crippen LogP contribution in [-0.2, 0) is 5.41 Å². The van der Waals surface area contributed by atoms with Gasteiger partial charge in [-0.3, -0.25) is 0 Å². The van der Waals surface area contributed by atoms with Crippen LogP contribution in [0, 0.1) is 0 Å². The molecule has 9 aromatic rings. The highest BCUT2D eigenvalue weighted by molar-refractivity contribution is 5.95. The number of aromatic nitrogens is 3. The highest BCUT2D eigenvalue weighted by Gasteiger charge is 2.47. The Hall–Kier alpha value is -6.91. The number of para-hydroxylation sites is 1. The molecule has 2 aromatic heterocycles. The molecule has 0 aliphatic heterocycles. The molecule has 0 spiro atoms. The highest BCUT2D eigenvalue weighted by Crippen LogP contribution is 2.58. The van der Waals surface area contributed by atoms with Gasteiger partial charge in [0.2, 0.25) is 0 Å². The summed E-state index contributed by atoms with van der Waals surface area (Å²) in [6, 6.07) is 65.7. The van der Waals surface area contributed by atoms with Crippen molar-refractivity contribution in [2.24, 2.45) is 0 Å². The molecule has 0 amide bonds. The molecule has 0 saturated carbocycles. The Labute approximate surface area is 301 Å². The quantitative estimate of drug-likeness (QED) is 0.177. The van der Waals surface area contributed by atoms with E-state index in [1.54, 1.807) is 0 Å². The lowest BCUT2D eigenvalue weighted by Crippen LogP contribution is -2.28. The fraction of sp³-hybridized carbons (Fsp3) is 0.0208. The second-order valence-corrected chi connectivity index (χ2v) is 13.1. The van der Waals surface area contributed by atoms with E-state index < -0.39 is 5.41 Å². The highest BCUT2D eigenvalue weighted by atomic mass is 16.3. The van der Waals surface area contributed by atoms with Gasteiger partial charge in [-0.25, -0.2) is 15.0 Å². The van der Waals surface area contributed by atoms with Crippen LogP contribution in [0.5, 0.6) is 0 Å². The first-order chi connectivity index (χ1) is 25.8. The average Bonchev–Trinajstić information content (AvgIpc) is 3.80. The third-order valence-corrected chi connectivity index (χ3v) is 10.3. The summed E-state index contributed by atoms with van der Waals surface area (Å²) in [5.41, 5.74) is 11.4. The topological polar surface area (TPSA) is 51.8 Å². The Balaban J connectivity index is 1.27. The van der Waals surface area contributed by atoms with E-state index >= 15 is 0 Å². The van der Waals surface area contributed by atoms with Gasteiger partial charge in [-0.05, 0) is 56.6 Å². The van der Waals surface area contributed by atoms with Crippen LogP contribution in [0.25, 0.3) is 67.6 Å². The Bertz CT molecular complexity index is 2660. The first-order valence-corrected chi connectivity index (χ1v) is 17.5. The number of benzene rings is 7. The fourth-order valence-electron chi connectivity index (χ4n) is 8.05. The van der Waals surface area contributed by atoms with Crippen LogP contribution in [0.1, 0.15) is 22.3 Å². The largest absolute Gasteiger partial charge is 0.453 e. The molecule has 0 atom stereocenters. The van der Waals surface area contributed by atoms with Crippen molar-refractivity contribution in [3.8, 4) is 56.6 Å². The number of nitrogens with zero attached hydrogens (tertiary/aromatic N) is 3. The van der Waals surface area contributed by atoms with Gasteiger partial charge < -0.3 is 4.42 Å². The van der Waals surface area contributed by atoms with Gasteiger partial charge >= 0.3 is 0 Å². The molecular formula is C48H31N3O. The molecule has 0 bridgehead atoms. The van der Waals surface area contributed by atoms with Crippen LogP contribution in [0.15, 0.2) is 192 Å². The zero-order valence-electron chi connectivity index (χ0n) is 28.1. The first-order valence-electron chi connectivity index (χ1n) is 17.5. The van der Waals surface area contributed by atoms with Crippen molar-refractivity contribution >= 4 is 11.0 Å². The Morgan fingerprint density at radius 1 is 0.385 bits per heavy atom. The van der Waals surface area contributed by atoms with Crippen molar-refractivity contribution in [2.75, 3.05) is 0 Å². The van der Waals surface area contributed by atoms with Gasteiger partial charge in [-0.1, -0.05) is 176 Å². The summed E-state index contributed by atoms with van der Waals surface area (Å²) in [7, 11) is 0. The van der Waals surface area contributed by atoms with E-state index in [4.69, 9.17) is 19.4 Å². The number of fused-ring (bicyclic) bond motifs is 4. The van der Waals surface area contributed by atoms with E-state index in [1.165, 1.54) is 22.3 Å². The normalized spacial score (nSPS) is 12.8. The van der Waals surface area contributed by atoms with Gasteiger partial charge in [-0.2, -0.15) is 0 Å². The van der Waals surface area contributed by atoms with E-state index in [0.29, 0.717) is 23.2 Å². The molecule has 244 valence electrons. The zero-order chi connectivity index (χ0) is 34.5. The van der Waals surface area contributed by atoms with Crippen LogP contribution in [-0.4, -0.2) is 15.0 Å². The smallest absolute Gasteiger partial charge is 0.199 e. The van der Waals surface area contributed by atoms with Crippen LogP contribution < -0.4 is 0 Å². The third kappa shape index (κ3) is 4.65. The fourth-order valence-corrected chi connectivity index (χ4v) is 8.05. The zero-order valence-corrected chi connectivity index (χ0v) is 28.1. The van der Waals surface area contributed by atoms with Gasteiger partial charge in [0.05, 0.1) is 5.41 Å². The minimum Gasteiger partial charge on any atom is -0.453 e. The summed E-state index contributed by atoms with van der Waals surface area (Å²) in [5, 5.41) is 0.996. The number of hydrogen-bond acceptors (Lipinski definition) is 4. The maximum Gasteiger partial charge on any atom is 0.199 e. The molecule has 52 heavy (non-hydrogen) atoms. The molecule has 2 heterocycles. The molecule has 0 saturated heterocycles. The van der Waals surface area contributed by atoms with Crippen LogP contribution in [0.4, 0.5) is 0 Å². The van der Waals surface area contributed by atoms with Crippen LogP contribution in [0.2, 0.25) is 0 Å². The van der Waals surface area contributed by atoms with Crippen molar-refractivity contribution in [2.45, 2.75) is 5.41 Å². The Morgan fingerprint density at radius 3 is 1.62 bits per heavy atom. The summed E-state index contributed by atoms with van der Waals surface area (Å²) in [6.45, 7) is 0. The van der Waals surface area contributed by atoms with Gasteiger partial charge in [0, 0.05) is 16.5 Å². The second-order valence-electron chi connectivity index (χ2n) is 13.1. The molecule has 7 aromatic carbocycles. The van der Waals surface area contributed by atoms with Gasteiger partial charge in [-0.15, -0.1) is 0 Å². The summed E-state index contributed by atoms with van der Waals surface area (Å²) in [4.78, 5) is 15.7. The van der Waals surface area contributed by atoms with Gasteiger partial charge in [0.15, 0.2) is 23.2 Å². The number of furan rings is 1. The lowest BCUT2D eigenvalue weighted by atomic mass is 9.67. The number of rotatable bonds is 6. The molecule has 4 heteroatoms. The van der Waals surface area contributed by atoms with Crippen molar-refractivity contribution in [1.82, 2.24) is 15.0 Å². The van der Waals surface area contributed by atoms with Crippen LogP contribution in [0.3, 0.4) is 0 Å². The maximum absolute atomic E-state index is 6.40. The lowest BCUT2D eigenvalue weighted by Gasteiger charge is -2.33. The summed E-state index contributed by atoms with van der Waals surface area (Å²) < 4.78 is 6.40. The minimum atomic E-state index is -0.540. The molecular weight excluding hydrogens is 635 g/mol. The van der Waals surface area contributed by atoms with Crippen LogP contribution >= 0.6 is 0 Å². The molecule has 0 fully saturated rings. The lowest BCUT2D eigenvalue weighted by molar-refractivity contribution is 0.625. The molecule has 10 rings (SSSR count). The summed E-state index contributed by atoms with van der Waals surface area (Å²) in [5.74, 6) is 2.26. The monoisotopic (exact) mass is 665 g/mol. The van der Waals surface area contributed by atoms with Crippen molar-refractivity contribution < 1.29 is 4.42 Å². The van der Waals surface area contributed by atoms with Gasteiger partial charge in [0.1, 0.15) is 5.58 Å². The molecule has 0 N–H and O–H groups in total. The summed E-state index contributed by atoms with van der Waals surface area (Å²) >= 11 is 0. The molecule has 1 aliphatic carbocycles. The average molecular weight is 666 g/mol. The van der Waals surface area contributed by atoms with E-state index in [-0.39, 0.29) is 0 Å². The Morgan fingerprint density at radius 2 is 0.904 bits per heavy atom. The van der Waals surface area contributed by atoms with Gasteiger partial charge in [0.25, 0.3) is 0 Å². The summed E-state index contributed by atoms with van der Waals surface area (Å²) in [6.07, 6.45) is 0. The van der Waals surface area contributed by atoms with E-state index in [0.717, 1.165) is 44.3 Å². The molecule has 4 nitrogen and oxygen atoms in total. The SMILES string of the molecule is c1ccc(-c2ccccc2-c2nc(-c3cc4ccccc4o3)nc(-c3cccc4c3-c3ccccc3C4(c3ccccc3)c3ccccc3)n2)cc1. The van der Waals surface area contributed by atoms with E-state index in [2.05, 4.69) is 146 Å². The van der Waals surface area contributed by atoms with Crippen molar-refractivity contribution in [3.63, 3.8) is 0 Å². The molecule has 1 aliphatic rings. The second kappa shape index (κ2) is 12.1. The Kier molecular flexibility index (Phi) is 7.00. The first kappa shape index (κ1) is 30.0. The maximum atomic E-state index is 6.40. The van der Waals surface area contributed by atoms with Crippen molar-refractivity contribution in [3.05, 3.63) is 210 Å². The van der Waals surface area contributed by atoms with Crippen molar-refractivity contribution in [1.29, 1.82) is 0 Å². The van der Waals surface area contributed by atoms with E-state index in [1.807, 2.05) is 42.5 Å². The third-order valence-electron chi connectivity index (χ3n) is 10.3. The van der Waals surface area contributed by atoms with E-state index in [9.17, 15) is 0 Å². The minimum absolute atomic E-state index is 0.486. The standard InChI is InChI=1S/C48H31N3O/c1-4-17-32(18-5-1)36-24-11-12-25-37(36)45-49-46(51-47(50-45)43-31-33-19-10-15-30-42(33)52-43)39-27-16-29-41-44(39)38-26-13-14-28-40(38)48(41,34-20-6-2-7-21-34)35-22-8-3-9-23-35/h1-31H. The predicted octanol–water partition coefficient (Wildman–Crippen LogP) is 11.6. The molecule has 0 radical (unpaired) electrons. The predicted molar refractivity (Wildman–Crippen MR) is 209 cm³/mol. The number of hydrogen-bond donors (Lipinski definition) is 0. The molecule has 0 unspecified atom stereocenters.